The number of benzene rings is 1. The molecule has 0 aliphatic carbocycles. The SMILES string of the molecule is C[C@H](CCCCN)Nc1c([N+](=O)[O-])ccc(Cl)c1C(=O)N(C)C. The fourth-order valence-corrected chi connectivity index (χ4v) is 2.45. The number of nitrogens with two attached hydrogens (primary N) is 1. The van der Waals surface area contributed by atoms with Gasteiger partial charge < -0.3 is 16.0 Å². The van der Waals surface area contributed by atoms with Crippen molar-refractivity contribution in [2.75, 3.05) is 26.0 Å². The smallest absolute Gasteiger partial charge is 0.293 e. The number of carbonyl (C=O) groups is 1. The molecule has 0 radical (unpaired) electrons. The van der Waals surface area contributed by atoms with Gasteiger partial charge in [0.25, 0.3) is 11.6 Å². The number of halogens is 1. The highest BCUT2D eigenvalue weighted by Gasteiger charge is 2.26. The number of amides is 1. The molecule has 1 atom stereocenters. The molecule has 0 aliphatic rings. The number of nitrogens with one attached hydrogen (secondary N) is 1. The van der Waals surface area contributed by atoms with E-state index in [2.05, 4.69) is 5.32 Å². The van der Waals surface area contributed by atoms with Gasteiger partial charge in [0, 0.05) is 26.2 Å². The molecule has 0 unspecified atom stereocenters. The normalized spacial score (nSPS) is 11.9. The molecule has 0 saturated carbocycles. The molecule has 0 saturated heterocycles. The molecule has 23 heavy (non-hydrogen) atoms. The summed E-state index contributed by atoms with van der Waals surface area (Å²) >= 11 is 6.13. The van der Waals surface area contributed by atoms with Crippen LogP contribution in [0.3, 0.4) is 0 Å². The largest absolute Gasteiger partial charge is 0.376 e. The van der Waals surface area contributed by atoms with E-state index in [1.165, 1.54) is 17.0 Å². The first-order chi connectivity index (χ1) is 10.8. The highest BCUT2D eigenvalue weighted by Crippen LogP contribution is 2.35. The molecular weight excluding hydrogens is 320 g/mol. The van der Waals surface area contributed by atoms with Crippen molar-refractivity contribution in [2.45, 2.75) is 32.2 Å². The van der Waals surface area contributed by atoms with Gasteiger partial charge in [0.15, 0.2) is 0 Å². The average molecular weight is 343 g/mol. The quantitative estimate of drug-likeness (QED) is 0.429. The second kappa shape index (κ2) is 8.69. The first-order valence-electron chi connectivity index (χ1n) is 7.44. The fraction of sp³-hybridized carbons (Fsp3) is 0.533. The monoisotopic (exact) mass is 342 g/mol. The molecule has 0 heterocycles. The zero-order valence-corrected chi connectivity index (χ0v) is 14.4. The third-order valence-corrected chi connectivity index (χ3v) is 3.75. The number of rotatable bonds is 8. The van der Waals surface area contributed by atoms with Gasteiger partial charge in [-0.05, 0) is 32.4 Å². The molecule has 1 aromatic carbocycles. The molecule has 0 aliphatic heterocycles. The van der Waals surface area contributed by atoms with Gasteiger partial charge in [-0.2, -0.15) is 0 Å². The molecule has 1 rings (SSSR count). The van der Waals surface area contributed by atoms with Crippen molar-refractivity contribution in [3.05, 3.63) is 32.8 Å². The van der Waals surface area contributed by atoms with Crippen LogP contribution in [-0.2, 0) is 0 Å². The molecule has 8 heteroatoms. The zero-order chi connectivity index (χ0) is 17.6. The van der Waals surface area contributed by atoms with Crippen LogP contribution in [0, 0.1) is 10.1 Å². The van der Waals surface area contributed by atoms with E-state index in [9.17, 15) is 14.9 Å². The summed E-state index contributed by atoms with van der Waals surface area (Å²) in [6.07, 6.45) is 2.57. The average Bonchev–Trinajstić information content (AvgIpc) is 2.46. The number of hydrogen-bond donors (Lipinski definition) is 2. The Morgan fingerprint density at radius 3 is 2.61 bits per heavy atom. The standard InChI is InChI=1S/C15H23ClN4O3/c1-10(6-4-5-9-17)18-14-12(20(22)23)8-7-11(16)13(14)15(21)19(2)3/h7-8,10,18H,4-6,9,17H2,1-3H3/t10-/m1/s1. The maximum Gasteiger partial charge on any atom is 0.293 e. The van der Waals surface area contributed by atoms with E-state index in [0.717, 1.165) is 19.3 Å². The summed E-state index contributed by atoms with van der Waals surface area (Å²) in [5.74, 6) is -0.379. The Morgan fingerprint density at radius 2 is 2.09 bits per heavy atom. The first kappa shape index (κ1) is 19.2. The molecule has 0 spiro atoms. The van der Waals surface area contributed by atoms with Crippen LogP contribution in [0.15, 0.2) is 12.1 Å². The van der Waals surface area contributed by atoms with Crippen LogP contribution in [0.2, 0.25) is 5.02 Å². The minimum atomic E-state index is -0.516. The Hall–Kier alpha value is -1.86. The van der Waals surface area contributed by atoms with Crippen LogP contribution in [0.25, 0.3) is 0 Å². The topological polar surface area (TPSA) is 101 Å². The number of unbranched alkanes of at least 4 members (excludes halogenated alkanes) is 1. The third-order valence-electron chi connectivity index (χ3n) is 3.43. The minimum Gasteiger partial charge on any atom is -0.376 e. The molecule has 128 valence electrons. The Morgan fingerprint density at radius 1 is 1.43 bits per heavy atom. The summed E-state index contributed by atoms with van der Waals surface area (Å²) in [6.45, 7) is 2.51. The molecule has 3 N–H and O–H groups in total. The second-order valence-electron chi connectivity index (χ2n) is 5.60. The number of hydrogen-bond acceptors (Lipinski definition) is 5. The van der Waals surface area contributed by atoms with Crippen molar-refractivity contribution in [1.82, 2.24) is 4.90 Å². The number of anilines is 1. The predicted molar refractivity (Wildman–Crippen MR) is 92.1 cm³/mol. The first-order valence-corrected chi connectivity index (χ1v) is 7.82. The maximum absolute atomic E-state index is 12.4. The highest BCUT2D eigenvalue weighted by atomic mass is 35.5. The summed E-state index contributed by atoms with van der Waals surface area (Å²) in [6, 6.07) is 2.64. The van der Waals surface area contributed by atoms with Gasteiger partial charge >= 0.3 is 0 Å². The van der Waals surface area contributed by atoms with Gasteiger partial charge in [0.1, 0.15) is 5.69 Å². The van der Waals surface area contributed by atoms with Gasteiger partial charge in [-0.1, -0.05) is 18.0 Å². The van der Waals surface area contributed by atoms with Crippen LogP contribution < -0.4 is 11.1 Å². The van der Waals surface area contributed by atoms with E-state index in [0.29, 0.717) is 6.54 Å². The number of nitrogens with zero attached hydrogens (tertiary/aromatic N) is 2. The van der Waals surface area contributed by atoms with E-state index in [-0.39, 0.29) is 33.9 Å². The van der Waals surface area contributed by atoms with Crippen molar-refractivity contribution >= 4 is 28.9 Å². The number of carbonyl (C=O) groups excluding carboxylic acids is 1. The predicted octanol–water partition coefficient (Wildman–Crippen LogP) is 2.88. The van der Waals surface area contributed by atoms with Gasteiger partial charge in [-0.25, -0.2) is 0 Å². The molecule has 1 aromatic rings. The van der Waals surface area contributed by atoms with E-state index < -0.39 is 4.92 Å². The molecule has 1 amide bonds. The number of nitro benzene ring substituents is 1. The van der Waals surface area contributed by atoms with Crippen molar-refractivity contribution in [2.24, 2.45) is 5.73 Å². The fourth-order valence-electron chi connectivity index (χ4n) is 2.21. The summed E-state index contributed by atoms with van der Waals surface area (Å²) < 4.78 is 0. The summed E-state index contributed by atoms with van der Waals surface area (Å²) in [5.41, 5.74) is 5.60. The summed E-state index contributed by atoms with van der Waals surface area (Å²) in [7, 11) is 3.15. The summed E-state index contributed by atoms with van der Waals surface area (Å²) in [5, 5.41) is 14.6. The maximum atomic E-state index is 12.4. The van der Waals surface area contributed by atoms with Crippen LogP contribution >= 0.6 is 11.6 Å². The zero-order valence-electron chi connectivity index (χ0n) is 13.6. The van der Waals surface area contributed by atoms with Crippen molar-refractivity contribution < 1.29 is 9.72 Å². The Kier molecular flexibility index (Phi) is 7.25. The van der Waals surface area contributed by atoms with E-state index in [1.807, 2.05) is 6.92 Å². The lowest BCUT2D eigenvalue weighted by atomic mass is 10.1. The molecular formula is C15H23ClN4O3. The van der Waals surface area contributed by atoms with Crippen LogP contribution in [-0.4, -0.2) is 42.4 Å². The lowest BCUT2D eigenvalue weighted by Gasteiger charge is -2.20. The van der Waals surface area contributed by atoms with Crippen molar-refractivity contribution in [3.63, 3.8) is 0 Å². The highest BCUT2D eigenvalue weighted by molar-refractivity contribution is 6.35. The lowest BCUT2D eigenvalue weighted by Crippen LogP contribution is -2.25. The second-order valence-corrected chi connectivity index (χ2v) is 6.01. The summed E-state index contributed by atoms with van der Waals surface area (Å²) in [4.78, 5) is 24.5. The van der Waals surface area contributed by atoms with Gasteiger partial charge in [-0.3, -0.25) is 14.9 Å². The van der Waals surface area contributed by atoms with Gasteiger partial charge in [0.05, 0.1) is 15.5 Å². The third kappa shape index (κ3) is 5.07. The van der Waals surface area contributed by atoms with Gasteiger partial charge in [0.2, 0.25) is 0 Å². The Labute approximate surface area is 140 Å². The van der Waals surface area contributed by atoms with Gasteiger partial charge in [-0.15, -0.1) is 0 Å². The van der Waals surface area contributed by atoms with Crippen LogP contribution in [0.5, 0.6) is 0 Å². The minimum absolute atomic E-state index is 0.0487. The molecule has 0 aromatic heterocycles. The van der Waals surface area contributed by atoms with Crippen molar-refractivity contribution in [1.29, 1.82) is 0 Å². The van der Waals surface area contributed by atoms with E-state index >= 15 is 0 Å². The van der Waals surface area contributed by atoms with E-state index in [1.54, 1.807) is 14.1 Å². The molecule has 0 fully saturated rings. The molecule has 7 nitrogen and oxygen atoms in total. The van der Waals surface area contributed by atoms with Crippen molar-refractivity contribution in [3.8, 4) is 0 Å². The number of nitro groups is 1. The molecule has 0 bridgehead atoms. The van der Waals surface area contributed by atoms with E-state index in [4.69, 9.17) is 17.3 Å². The van der Waals surface area contributed by atoms with Crippen LogP contribution in [0.1, 0.15) is 36.5 Å². The Balaban J connectivity index is 3.21. The Bertz CT molecular complexity index is 578. The van der Waals surface area contributed by atoms with Crippen LogP contribution in [0.4, 0.5) is 11.4 Å². The lowest BCUT2D eigenvalue weighted by molar-refractivity contribution is -0.384.